The van der Waals surface area contributed by atoms with E-state index in [0.717, 1.165) is 6.42 Å². The molecule has 1 rings (SSSR count). The van der Waals surface area contributed by atoms with Crippen molar-refractivity contribution in [3.05, 3.63) is 35.4 Å². The van der Waals surface area contributed by atoms with Crippen molar-refractivity contribution in [2.24, 2.45) is 23.3 Å². The molecule has 1 atom stereocenters. The molecule has 16 heavy (non-hydrogen) atoms. The van der Waals surface area contributed by atoms with Gasteiger partial charge in [-0.15, -0.1) is 0 Å². The third kappa shape index (κ3) is 3.34. The van der Waals surface area contributed by atoms with E-state index < -0.39 is 0 Å². The van der Waals surface area contributed by atoms with Gasteiger partial charge in [0.15, 0.2) is 0 Å². The Bertz CT molecular complexity index is 346. The van der Waals surface area contributed by atoms with Gasteiger partial charge in [0.1, 0.15) is 0 Å². The topological polar surface area (TPSA) is 75.8 Å². The van der Waals surface area contributed by atoms with Gasteiger partial charge in [-0.05, 0) is 49.0 Å². The van der Waals surface area contributed by atoms with Crippen LogP contribution in [0.15, 0.2) is 24.3 Å². The Hall–Kier alpha value is -1.37. The summed E-state index contributed by atoms with van der Waals surface area (Å²) in [6.07, 6.45) is 0.963. The van der Waals surface area contributed by atoms with E-state index in [1.54, 1.807) is 0 Å². The van der Waals surface area contributed by atoms with Crippen molar-refractivity contribution >= 4 is 0 Å². The lowest BCUT2D eigenvalue weighted by Crippen LogP contribution is -2.30. The van der Waals surface area contributed by atoms with Gasteiger partial charge in [-0.2, -0.15) is 5.26 Å². The van der Waals surface area contributed by atoms with Crippen molar-refractivity contribution in [3.8, 4) is 6.07 Å². The number of benzene rings is 1. The van der Waals surface area contributed by atoms with Crippen LogP contribution in [0.1, 0.15) is 18.1 Å². The second-order valence-corrected chi connectivity index (χ2v) is 4.22. The van der Waals surface area contributed by atoms with Crippen molar-refractivity contribution in [2.45, 2.75) is 13.3 Å². The van der Waals surface area contributed by atoms with Crippen LogP contribution in [0.5, 0.6) is 0 Å². The van der Waals surface area contributed by atoms with Gasteiger partial charge < -0.3 is 11.5 Å². The molecule has 0 heterocycles. The first-order chi connectivity index (χ1) is 7.71. The standard InChI is InChI=1S/C13H19N3/c1-10(13(8-15)9-16)6-11-2-4-12(7-14)5-3-11/h2-5,10,13H,6,8-9,15-16H2,1H3. The lowest BCUT2D eigenvalue weighted by Gasteiger charge is -2.20. The summed E-state index contributed by atoms with van der Waals surface area (Å²) in [5.41, 5.74) is 13.3. The molecule has 0 aromatic heterocycles. The van der Waals surface area contributed by atoms with E-state index in [-0.39, 0.29) is 0 Å². The highest BCUT2D eigenvalue weighted by atomic mass is 14.6. The lowest BCUT2D eigenvalue weighted by atomic mass is 9.88. The summed E-state index contributed by atoms with van der Waals surface area (Å²) in [6, 6.07) is 9.81. The van der Waals surface area contributed by atoms with Crippen LogP contribution in [0, 0.1) is 23.2 Å². The summed E-state index contributed by atoms with van der Waals surface area (Å²) in [5.74, 6) is 0.846. The van der Waals surface area contributed by atoms with Crippen molar-refractivity contribution in [2.75, 3.05) is 13.1 Å². The Morgan fingerprint density at radius 3 is 2.19 bits per heavy atom. The fourth-order valence-corrected chi connectivity index (χ4v) is 1.81. The average Bonchev–Trinajstić information content (AvgIpc) is 2.31. The Balaban J connectivity index is 2.62. The molecule has 0 radical (unpaired) electrons. The highest BCUT2D eigenvalue weighted by Crippen LogP contribution is 2.16. The minimum atomic E-state index is 0.371. The molecule has 86 valence electrons. The molecule has 3 heteroatoms. The van der Waals surface area contributed by atoms with E-state index in [9.17, 15) is 0 Å². The maximum Gasteiger partial charge on any atom is 0.0991 e. The summed E-state index contributed by atoms with van der Waals surface area (Å²) in [4.78, 5) is 0. The van der Waals surface area contributed by atoms with Gasteiger partial charge >= 0.3 is 0 Å². The first-order valence-electron chi connectivity index (χ1n) is 5.60. The van der Waals surface area contributed by atoms with Crippen LogP contribution >= 0.6 is 0 Å². The second kappa shape index (κ2) is 6.26. The predicted octanol–water partition coefficient (Wildman–Crippen LogP) is 1.27. The van der Waals surface area contributed by atoms with E-state index in [1.165, 1.54) is 5.56 Å². The lowest BCUT2D eigenvalue weighted by molar-refractivity contribution is 0.372. The van der Waals surface area contributed by atoms with Gasteiger partial charge in [0.05, 0.1) is 11.6 Å². The van der Waals surface area contributed by atoms with Gasteiger partial charge in [0, 0.05) is 0 Å². The average molecular weight is 217 g/mol. The third-order valence-corrected chi connectivity index (χ3v) is 3.05. The predicted molar refractivity (Wildman–Crippen MR) is 65.6 cm³/mol. The molecule has 0 aliphatic heterocycles. The molecule has 0 saturated carbocycles. The molecule has 0 aliphatic rings. The molecule has 1 aromatic carbocycles. The van der Waals surface area contributed by atoms with E-state index in [4.69, 9.17) is 16.7 Å². The zero-order chi connectivity index (χ0) is 12.0. The molecule has 0 spiro atoms. The number of nitrogens with two attached hydrogens (primary N) is 2. The van der Waals surface area contributed by atoms with Crippen LogP contribution in [-0.4, -0.2) is 13.1 Å². The summed E-state index contributed by atoms with van der Waals surface area (Å²) < 4.78 is 0. The van der Waals surface area contributed by atoms with Crippen LogP contribution in [0.4, 0.5) is 0 Å². The van der Waals surface area contributed by atoms with Gasteiger partial charge in [-0.3, -0.25) is 0 Å². The zero-order valence-corrected chi connectivity index (χ0v) is 9.69. The maximum atomic E-state index is 8.69. The smallest absolute Gasteiger partial charge is 0.0991 e. The molecule has 1 aromatic rings. The van der Waals surface area contributed by atoms with E-state index in [1.807, 2.05) is 24.3 Å². The van der Waals surface area contributed by atoms with Crippen LogP contribution in [0.25, 0.3) is 0 Å². The fourth-order valence-electron chi connectivity index (χ4n) is 1.81. The zero-order valence-electron chi connectivity index (χ0n) is 9.69. The molecule has 0 aliphatic carbocycles. The normalized spacial score (nSPS) is 12.4. The van der Waals surface area contributed by atoms with Gasteiger partial charge in [-0.1, -0.05) is 19.1 Å². The number of hydrogen-bond donors (Lipinski definition) is 2. The Labute approximate surface area is 97.1 Å². The summed E-state index contributed by atoms with van der Waals surface area (Å²) >= 11 is 0. The largest absolute Gasteiger partial charge is 0.330 e. The fraction of sp³-hybridized carbons (Fsp3) is 0.462. The highest BCUT2D eigenvalue weighted by molar-refractivity contribution is 5.31. The number of nitriles is 1. The van der Waals surface area contributed by atoms with Gasteiger partial charge in [0.2, 0.25) is 0 Å². The van der Waals surface area contributed by atoms with E-state index in [2.05, 4.69) is 13.0 Å². The maximum absolute atomic E-state index is 8.69. The van der Waals surface area contributed by atoms with Gasteiger partial charge in [0.25, 0.3) is 0 Å². The molecular formula is C13H19N3. The Morgan fingerprint density at radius 2 is 1.75 bits per heavy atom. The minimum absolute atomic E-state index is 0.371. The van der Waals surface area contributed by atoms with Crippen molar-refractivity contribution < 1.29 is 0 Å². The summed E-state index contributed by atoms with van der Waals surface area (Å²) in [7, 11) is 0. The first kappa shape index (κ1) is 12.7. The Kier molecular flexibility index (Phi) is 4.97. The van der Waals surface area contributed by atoms with Gasteiger partial charge in [-0.25, -0.2) is 0 Å². The monoisotopic (exact) mass is 217 g/mol. The molecule has 3 nitrogen and oxygen atoms in total. The van der Waals surface area contributed by atoms with E-state index in [0.29, 0.717) is 30.5 Å². The van der Waals surface area contributed by atoms with Crippen LogP contribution in [-0.2, 0) is 6.42 Å². The summed E-state index contributed by atoms with van der Waals surface area (Å²) in [6.45, 7) is 3.44. The second-order valence-electron chi connectivity index (χ2n) is 4.22. The first-order valence-corrected chi connectivity index (χ1v) is 5.60. The van der Waals surface area contributed by atoms with Crippen molar-refractivity contribution in [3.63, 3.8) is 0 Å². The molecule has 0 fully saturated rings. The quantitative estimate of drug-likeness (QED) is 0.779. The number of nitrogens with zero attached hydrogens (tertiary/aromatic N) is 1. The Morgan fingerprint density at radius 1 is 1.19 bits per heavy atom. The molecule has 0 saturated heterocycles. The van der Waals surface area contributed by atoms with Crippen LogP contribution in [0.2, 0.25) is 0 Å². The van der Waals surface area contributed by atoms with Crippen molar-refractivity contribution in [1.82, 2.24) is 0 Å². The molecule has 1 unspecified atom stereocenters. The van der Waals surface area contributed by atoms with Crippen molar-refractivity contribution in [1.29, 1.82) is 5.26 Å². The molecular weight excluding hydrogens is 198 g/mol. The van der Waals surface area contributed by atoms with Crippen LogP contribution < -0.4 is 11.5 Å². The SMILES string of the molecule is CC(Cc1ccc(C#N)cc1)C(CN)CN. The third-order valence-electron chi connectivity index (χ3n) is 3.05. The molecule has 0 amide bonds. The van der Waals surface area contributed by atoms with Crippen LogP contribution in [0.3, 0.4) is 0 Å². The minimum Gasteiger partial charge on any atom is -0.330 e. The summed E-state index contributed by atoms with van der Waals surface area (Å²) in [5, 5.41) is 8.69. The van der Waals surface area contributed by atoms with E-state index >= 15 is 0 Å². The number of rotatable bonds is 5. The number of hydrogen-bond acceptors (Lipinski definition) is 3. The molecule has 4 N–H and O–H groups in total. The highest BCUT2D eigenvalue weighted by Gasteiger charge is 2.14. The molecule has 0 bridgehead atoms.